The van der Waals surface area contributed by atoms with Crippen molar-refractivity contribution in [2.75, 3.05) is 0 Å². The third kappa shape index (κ3) is 6.87. The summed E-state index contributed by atoms with van der Waals surface area (Å²) in [7, 11) is -4.39. The first-order chi connectivity index (χ1) is 26.6. The van der Waals surface area contributed by atoms with Crippen molar-refractivity contribution in [1.82, 2.24) is 19.9 Å². The van der Waals surface area contributed by atoms with E-state index in [2.05, 4.69) is 106 Å². The van der Waals surface area contributed by atoms with Gasteiger partial charge in [0.15, 0.2) is 0 Å². The molecular formula is C47H34CuN4O3S. The molecule has 0 spiro atoms. The van der Waals surface area contributed by atoms with Crippen LogP contribution in [-0.4, -0.2) is 22.9 Å². The second-order valence-corrected chi connectivity index (χ2v) is 15.4. The maximum atomic E-state index is 12.0. The Morgan fingerprint density at radius 2 is 0.661 bits per heavy atom. The van der Waals surface area contributed by atoms with Crippen molar-refractivity contribution in [2.45, 2.75) is 25.7 Å². The smallest absolute Gasteiger partial charge is 0.657 e. The van der Waals surface area contributed by atoms with Crippen LogP contribution >= 0.6 is 0 Å². The first kappa shape index (κ1) is 36.9. The van der Waals surface area contributed by atoms with Crippen molar-refractivity contribution < 1.29 is 30.0 Å². The van der Waals surface area contributed by atoms with Crippen molar-refractivity contribution >= 4 is 56.5 Å². The first-order valence-corrected chi connectivity index (χ1v) is 19.4. The van der Waals surface area contributed by atoms with E-state index in [4.69, 9.17) is 19.9 Å². The third-order valence-electron chi connectivity index (χ3n) is 10.1. The molecule has 1 N–H and O–H groups in total. The third-order valence-corrected chi connectivity index (χ3v) is 10.9. The molecule has 9 heteroatoms. The van der Waals surface area contributed by atoms with E-state index in [0.29, 0.717) is 22.3 Å². The summed E-state index contributed by atoms with van der Waals surface area (Å²) < 4.78 is 33.7. The van der Waals surface area contributed by atoms with Gasteiger partial charge in [0.2, 0.25) is 0 Å². The molecule has 3 aromatic heterocycles. The summed E-state index contributed by atoms with van der Waals surface area (Å²) >= 11 is 0. The fraction of sp³-hybridized carbons (Fsp3) is 0.0638. The Morgan fingerprint density at radius 3 is 0.911 bits per heavy atom. The van der Waals surface area contributed by atoms with Crippen molar-refractivity contribution in [1.29, 1.82) is 0 Å². The van der Waals surface area contributed by atoms with Crippen molar-refractivity contribution in [3.05, 3.63) is 161 Å². The number of rotatable bonds is 5. The van der Waals surface area contributed by atoms with Gasteiger partial charge in [0.25, 0.3) is 10.1 Å². The number of fused-ring (bicyclic) bond motifs is 8. The van der Waals surface area contributed by atoms with Crippen LogP contribution in [0.3, 0.4) is 0 Å². The van der Waals surface area contributed by atoms with Gasteiger partial charge >= 0.3 is 17.1 Å². The number of aromatic nitrogens is 4. The molecule has 8 bridgehead atoms. The number of hydrogen-bond acceptors (Lipinski definition) is 4. The second-order valence-electron chi connectivity index (χ2n) is 14.0. The van der Waals surface area contributed by atoms with Crippen LogP contribution in [-0.2, 0) is 27.2 Å². The molecule has 4 aromatic carbocycles. The van der Waals surface area contributed by atoms with Gasteiger partial charge in [-0.1, -0.05) is 126 Å². The molecule has 1 radical (unpaired) electrons. The van der Waals surface area contributed by atoms with Crippen LogP contribution in [0, 0.1) is 20.8 Å². The molecule has 56 heavy (non-hydrogen) atoms. The normalized spacial score (nSPS) is 12.1. The summed E-state index contributed by atoms with van der Waals surface area (Å²) in [5.74, 6) is 0. The monoisotopic (exact) mass is 797 g/mol. The predicted octanol–water partition coefficient (Wildman–Crippen LogP) is 10.8. The van der Waals surface area contributed by atoms with Crippen LogP contribution < -0.4 is 9.97 Å². The van der Waals surface area contributed by atoms with Gasteiger partial charge in [0, 0.05) is 0 Å². The molecule has 0 saturated carbocycles. The van der Waals surface area contributed by atoms with E-state index in [1.807, 2.05) is 36.4 Å². The standard InChI is InChI=1S/C47H34N4O3S.Cu/c1-28-4-10-31(11-5-28)44-36-20-22-38(48-36)45(32-12-6-29(2)7-13-32)40-24-26-42(50-40)47(34-16-18-35(19-17-34)55(52,53)54)43-27-25-41(51-43)46(39-23-21-37(44)49-39)33-14-8-30(3)9-15-33;/h4-27H,1-3H3,(H,52,53,54);/q-2;+2. The van der Waals surface area contributed by atoms with Crippen molar-refractivity contribution in [2.24, 2.45) is 0 Å². The zero-order chi connectivity index (χ0) is 37.8. The first-order valence-electron chi connectivity index (χ1n) is 17.9. The Labute approximate surface area is 335 Å². The van der Waals surface area contributed by atoms with Gasteiger partial charge in [-0.2, -0.15) is 8.42 Å². The van der Waals surface area contributed by atoms with Gasteiger partial charge in [0.1, 0.15) is 0 Å². The van der Waals surface area contributed by atoms with Gasteiger partial charge < -0.3 is 9.97 Å². The van der Waals surface area contributed by atoms with E-state index < -0.39 is 10.1 Å². The minimum atomic E-state index is -4.39. The van der Waals surface area contributed by atoms with Crippen molar-refractivity contribution in [3.63, 3.8) is 0 Å². The summed E-state index contributed by atoms with van der Waals surface area (Å²) in [6, 6.07) is 39.3. The average Bonchev–Trinajstić information content (AvgIpc) is 4.01. The summed E-state index contributed by atoms with van der Waals surface area (Å²) in [6.45, 7) is 6.20. The Bertz CT molecular complexity index is 2950. The molecule has 2 aliphatic rings. The van der Waals surface area contributed by atoms with Gasteiger partial charge in [-0.25, -0.2) is 9.97 Å². The molecule has 9 rings (SSSR count). The minimum absolute atomic E-state index is 0. The van der Waals surface area contributed by atoms with Gasteiger partial charge in [-0.3, -0.25) is 4.55 Å². The molecule has 0 aliphatic carbocycles. The molecule has 0 saturated heterocycles. The topological polar surface area (TPSA) is 108 Å². The summed E-state index contributed by atoms with van der Waals surface area (Å²) in [5.41, 5.74) is 16.4. The molecule has 0 fully saturated rings. The number of aryl methyl sites for hydroxylation is 3. The minimum Gasteiger partial charge on any atom is -0.657 e. The van der Waals surface area contributed by atoms with Crippen LogP contribution in [0.2, 0.25) is 0 Å². The predicted molar refractivity (Wildman–Crippen MR) is 223 cm³/mol. The van der Waals surface area contributed by atoms with Crippen molar-refractivity contribution in [3.8, 4) is 44.5 Å². The quantitative estimate of drug-likeness (QED) is 0.136. The SMILES string of the molecule is Cc1ccc(-c2c3nc(c(-c4ccc(C)cc4)c4ccc([n-]4)c(-c4ccc(S(=O)(=O)O)cc4)c4nc(c(-c5ccc(C)cc5)c5ccc2[n-]5)C=C4)C=C3)cc1.[Cu+2]. The fourth-order valence-electron chi connectivity index (χ4n) is 7.22. The molecule has 277 valence electrons. The molecule has 7 nitrogen and oxygen atoms in total. The van der Waals surface area contributed by atoms with Gasteiger partial charge in [0.05, 0.1) is 27.7 Å². The summed E-state index contributed by atoms with van der Waals surface area (Å²) in [5, 5.41) is 0. The zero-order valence-corrected chi connectivity index (χ0v) is 32.4. The maximum Gasteiger partial charge on any atom is 2.00 e. The Hall–Kier alpha value is -6.09. The van der Waals surface area contributed by atoms with Crippen LogP contribution in [0.1, 0.15) is 39.5 Å². The summed E-state index contributed by atoms with van der Waals surface area (Å²) in [6.07, 6.45) is 8.05. The molecular weight excluding hydrogens is 764 g/mol. The van der Waals surface area contributed by atoms with Gasteiger partial charge in [-0.05, 0) is 102 Å². The van der Waals surface area contributed by atoms with Gasteiger partial charge in [-0.15, -0.1) is 22.1 Å². The largest absolute Gasteiger partial charge is 2.00 e. The molecule has 0 unspecified atom stereocenters. The van der Waals surface area contributed by atoms with Crippen LogP contribution in [0.5, 0.6) is 0 Å². The van der Waals surface area contributed by atoms with Crippen LogP contribution in [0.4, 0.5) is 0 Å². The molecule has 2 aliphatic heterocycles. The maximum absolute atomic E-state index is 12.0. The second kappa shape index (κ2) is 14.5. The molecule has 7 aromatic rings. The van der Waals surface area contributed by atoms with E-state index in [1.165, 1.54) is 12.1 Å². The van der Waals surface area contributed by atoms with Crippen LogP contribution in [0.25, 0.3) is 90.9 Å². The van der Waals surface area contributed by atoms with E-state index in [9.17, 15) is 13.0 Å². The number of hydrogen-bond donors (Lipinski definition) is 1. The zero-order valence-electron chi connectivity index (χ0n) is 30.6. The Morgan fingerprint density at radius 1 is 0.411 bits per heavy atom. The summed E-state index contributed by atoms with van der Waals surface area (Å²) in [4.78, 5) is 20.9. The number of nitrogens with zero attached hydrogens (tertiary/aromatic N) is 4. The average molecular weight is 798 g/mol. The van der Waals surface area contributed by atoms with Crippen LogP contribution in [0.15, 0.2) is 126 Å². The Kier molecular flexibility index (Phi) is 9.56. The van der Waals surface area contributed by atoms with E-state index in [1.54, 1.807) is 12.1 Å². The van der Waals surface area contributed by atoms with E-state index in [-0.39, 0.29) is 22.0 Å². The molecule has 0 amide bonds. The molecule has 5 heterocycles. The molecule has 0 atom stereocenters. The number of benzene rings is 4. The van der Waals surface area contributed by atoms with E-state index in [0.717, 1.165) is 83.7 Å². The fourth-order valence-corrected chi connectivity index (χ4v) is 7.70. The van der Waals surface area contributed by atoms with E-state index >= 15 is 0 Å². The Balaban J connectivity index is 0.00000441.